The van der Waals surface area contributed by atoms with E-state index in [2.05, 4.69) is 10.3 Å². The monoisotopic (exact) mass is 514 g/mol. The van der Waals surface area contributed by atoms with Crippen LogP contribution in [0.15, 0.2) is 30.3 Å². The molecule has 1 aromatic heterocycles. The normalized spacial score (nSPS) is 17.1. The van der Waals surface area contributed by atoms with E-state index < -0.39 is 23.9 Å². The summed E-state index contributed by atoms with van der Waals surface area (Å²) in [6.45, 7) is 5.54. The summed E-state index contributed by atoms with van der Waals surface area (Å²) in [7, 11) is 3.10. The summed E-state index contributed by atoms with van der Waals surface area (Å²) >= 11 is 0. The van der Waals surface area contributed by atoms with E-state index in [4.69, 9.17) is 23.7 Å². The maximum absolute atomic E-state index is 12.8. The fourth-order valence-corrected chi connectivity index (χ4v) is 3.86. The van der Waals surface area contributed by atoms with Crippen molar-refractivity contribution < 1.29 is 38.1 Å². The van der Waals surface area contributed by atoms with Gasteiger partial charge in [-0.15, -0.1) is 0 Å². The number of nitrogens with one attached hydrogen (secondary N) is 1. The number of anilines is 2. The SMILES string of the molecule is COc1ccc(CN2C(=O)COc3ccc(N4CC(CNC(=O)OC(C)(C)C)OC4=O)nc32)c(OC)c1. The number of carbonyl (C=O) groups is 3. The zero-order valence-corrected chi connectivity index (χ0v) is 21.4. The molecule has 1 saturated heterocycles. The van der Waals surface area contributed by atoms with Crippen LogP contribution >= 0.6 is 0 Å². The van der Waals surface area contributed by atoms with Gasteiger partial charge in [0.2, 0.25) is 0 Å². The molecule has 12 heteroatoms. The first-order valence-electron chi connectivity index (χ1n) is 11.7. The molecule has 3 amide bonds. The maximum Gasteiger partial charge on any atom is 0.416 e. The summed E-state index contributed by atoms with van der Waals surface area (Å²) < 4.78 is 26.9. The molecule has 1 N–H and O–H groups in total. The lowest BCUT2D eigenvalue weighted by molar-refractivity contribution is -0.121. The molecule has 0 radical (unpaired) electrons. The Morgan fingerprint density at radius 2 is 1.95 bits per heavy atom. The van der Waals surface area contributed by atoms with Crippen molar-refractivity contribution >= 4 is 29.7 Å². The van der Waals surface area contributed by atoms with Gasteiger partial charge < -0.3 is 29.0 Å². The van der Waals surface area contributed by atoms with Crippen molar-refractivity contribution in [2.75, 3.05) is 43.7 Å². The zero-order chi connectivity index (χ0) is 26.7. The number of nitrogens with zero attached hydrogens (tertiary/aromatic N) is 3. The van der Waals surface area contributed by atoms with Crippen molar-refractivity contribution in [1.29, 1.82) is 0 Å². The number of fused-ring (bicyclic) bond motifs is 1. The van der Waals surface area contributed by atoms with Crippen LogP contribution in [-0.2, 0) is 20.8 Å². The Kier molecular flexibility index (Phi) is 7.28. The molecule has 2 aliphatic heterocycles. The van der Waals surface area contributed by atoms with Crippen LogP contribution in [0.3, 0.4) is 0 Å². The van der Waals surface area contributed by atoms with E-state index in [1.807, 2.05) is 6.07 Å². The molecule has 1 aromatic carbocycles. The zero-order valence-electron chi connectivity index (χ0n) is 21.4. The largest absolute Gasteiger partial charge is 0.497 e. The van der Waals surface area contributed by atoms with Gasteiger partial charge in [0.05, 0.1) is 33.9 Å². The third kappa shape index (κ3) is 5.96. The van der Waals surface area contributed by atoms with E-state index in [1.165, 1.54) is 16.9 Å². The van der Waals surface area contributed by atoms with E-state index in [0.29, 0.717) is 17.2 Å². The van der Waals surface area contributed by atoms with Crippen LogP contribution in [0.5, 0.6) is 17.2 Å². The van der Waals surface area contributed by atoms with Gasteiger partial charge in [-0.3, -0.25) is 14.6 Å². The lowest BCUT2D eigenvalue weighted by Crippen LogP contribution is -2.39. The lowest BCUT2D eigenvalue weighted by atomic mass is 10.1. The average Bonchev–Trinajstić information content (AvgIpc) is 3.23. The van der Waals surface area contributed by atoms with Crippen LogP contribution in [0.1, 0.15) is 26.3 Å². The molecule has 2 aromatic rings. The number of alkyl carbamates (subject to hydrolysis) is 1. The number of pyridine rings is 1. The molecule has 1 atom stereocenters. The third-order valence-corrected chi connectivity index (χ3v) is 5.58. The molecule has 0 spiro atoms. The van der Waals surface area contributed by atoms with Crippen molar-refractivity contribution in [3.8, 4) is 17.2 Å². The van der Waals surface area contributed by atoms with Gasteiger partial charge in [-0.05, 0) is 45.0 Å². The first-order chi connectivity index (χ1) is 17.6. The predicted octanol–water partition coefficient (Wildman–Crippen LogP) is 2.87. The van der Waals surface area contributed by atoms with Crippen LogP contribution in [0.4, 0.5) is 21.2 Å². The predicted molar refractivity (Wildman–Crippen MR) is 132 cm³/mol. The van der Waals surface area contributed by atoms with E-state index in [1.54, 1.807) is 52.1 Å². The molecule has 12 nitrogen and oxygen atoms in total. The second kappa shape index (κ2) is 10.4. The molecule has 3 heterocycles. The van der Waals surface area contributed by atoms with Gasteiger partial charge in [0.25, 0.3) is 5.91 Å². The highest BCUT2D eigenvalue weighted by atomic mass is 16.6. The minimum absolute atomic E-state index is 0.0765. The van der Waals surface area contributed by atoms with Gasteiger partial charge in [-0.25, -0.2) is 14.6 Å². The number of cyclic esters (lactones) is 1. The van der Waals surface area contributed by atoms with Gasteiger partial charge in [0.1, 0.15) is 29.0 Å². The summed E-state index contributed by atoms with van der Waals surface area (Å²) in [5.74, 6) is 1.85. The molecule has 0 aliphatic carbocycles. The number of aromatic nitrogens is 1. The quantitative estimate of drug-likeness (QED) is 0.593. The number of carbonyl (C=O) groups excluding carboxylic acids is 3. The van der Waals surface area contributed by atoms with Crippen molar-refractivity contribution in [3.63, 3.8) is 0 Å². The molecule has 0 bridgehead atoms. The summed E-state index contributed by atoms with van der Waals surface area (Å²) in [6.07, 6.45) is -1.82. The van der Waals surface area contributed by atoms with Gasteiger partial charge in [0, 0.05) is 11.6 Å². The standard InChI is InChI=1S/C25H30N4O8/c1-25(2,3)37-23(31)26-11-17-13-28(24(32)36-17)20-9-8-18-22(27-20)29(21(30)14-35-18)12-15-6-7-16(33-4)10-19(15)34-5/h6-10,17H,11-14H2,1-5H3,(H,26,31). The van der Waals surface area contributed by atoms with Crippen LogP contribution in [0.25, 0.3) is 0 Å². The van der Waals surface area contributed by atoms with Crippen LogP contribution < -0.4 is 29.3 Å². The molecular weight excluding hydrogens is 484 g/mol. The molecule has 37 heavy (non-hydrogen) atoms. The van der Waals surface area contributed by atoms with Gasteiger partial charge in [0.15, 0.2) is 18.2 Å². The minimum atomic E-state index is -0.642. The second-order valence-electron chi connectivity index (χ2n) is 9.44. The summed E-state index contributed by atoms with van der Waals surface area (Å²) in [5, 5.41) is 2.60. The summed E-state index contributed by atoms with van der Waals surface area (Å²) in [5.41, 5.74) is 0.0991. The molecule has 0 saturated carbocycles. The topological polar surface area (TPSA) is 129 Å². The van der Waals surface area contributed by atoms with Crippen molar-refractivity contribution in [2.24, 2.45) is 0 Å². The molecule has 1 fully saturated rings. The molecular formula is C25H30N4O8. The highest BCUT2D eigenvalue weighted by molar-refractivity contribution is 5.97. The summed E-state index contributed by atoms with van der Waals surface area (Å²) in [6, 6.07) is 8.59. The van der Waals surface area contributed by atoms with E-state index >= 15 is 0 Å². The Bertz CT molecular complexity index is 1200. The average molecular weight is 515 g/mol. The van der Waals surface area contributed by atoms with Gasteiger partial charge in [-0.2, -0.15) is 0 Å². The Hall–Kier alpha value is -4.22. The van der Waals surface area contributed by atoms with Gasteiger partial charge >= 0.3 is 12.2 Å². The van der Waals surface area contributed by atoms with Crippen molar-refractivity contribution in [3.05, 3.63) is 35.9 Å². The first-order valence-corrected chi connectivity index (χ1v) is 11.7. The van der Waals surface area contributed by atoms with Crippen molar-refractivity contribution in [1.82, 2.24) is 10.3 Å². The fourth-order valence-electron chi connectivity index (χ4n) is 3.86. The highest BCUT2D eigenvalue weighted by Crippen LogP contribution is 2.36. The molecule has 1 unspecified atom stereocenters. The number of amides is 3. The number of benzene rings is 1. The molecule has 4 rings (SSSR count). The Morgan fingerprint density at radius 3 is 2.65 bits per heavy atom. The maximum atomic E-state index is 12.8. The van der Waals surface area contributed by atoms with Crippen LogP contribution in [0, 0.1) is 0 Å². The molecule has 198 valence electrons. The van der Waals surface area contributed by atoms with E-state index in [0.717, 1.165) is 5.56 Å². The van der Waals surface area contributed by atoms with Crippen molar-refractivity contribution in [2.45, 2.75) is 39.0 Å². The fraction of sp³-hybridized carbons (Fsp3) is 0.440. The Labute approximate surface area is 214 Å². The Morgan fingerprint density at radius 1 is 1.16 bits per heavy atom. The van der Waals surface area contributed by atoms with E-state index in [-0.39, 0.29) is 43.8 Å². The van der Waals surface area contributed by atoms with Crippen LogP contribution in [0.2, 0.25) is 0 Å². The third-order valence-electron chi connectivity index (χ3n) is 5.58. The number of rotatable bonds is 7. The highest BCUT2D eigenvalue weighted by Gasteiger charge is 2.36. The second-order valence-corrected chi connectivity index (χ2v) is 9.44. The number of hydrogen-bond donors (Lipinski definition) is 1. The van der Waals surface area contributed by atoms with Crippen LogP contribution in [-0.4, -0.2) is 68.7 Å². The van der Waals surface area contributed by atoms with E-state index in [9.17, 15) is 14.4 Å². The first kappa shape index (κ1) is 25.9. The smallest absolute Gasteiger partial charge is 0.416 e. The number of ether oxygens (including phenoxy) is 5. The number of hydrogen-bond acceptors (Lipinski definition) is 9. The van der Waals surface area contributed by atoms with Gasteiger partial charge in [-0.1, -0.05) is 0 Å². The Balaban J connectivity index is 1.51. The summed E-state index contributed by atoms with van der Waals surface area (Å²) in [4.78, 5) is 44.7. The number of methoxy groups -OCH3 is 2. The molecule has 2 aliphatic rings. The lowest BCUT2D eigenvalue weighted by Gasteiger charge is -2.29. The minimum Gasteiger partial charge on any atom is -0.497 e.